The molecule has 1 fully saturated rings. The molecule has 1 saturated carbocycles. The molecule has 0 aromatic rings. The van der Waals surface area contributed by atoms with E-state index in [9.17, 15) is 0 Å². The van der Waals surface area contributed by atoms with Gasteiger partial charge < -0.3 is 10.2 Å². The van der Waals surface area contributed by atoms with Crippen LogP contribution in [-0.4, -0.2) is 23.4 Å². The van der Waals surface area contributed by atoms with Crippen molar-refractivity contribution >= 4 is 0 Å². The maximum Gasteiger partial charge on any atom is 0.0433 e. The average Bonchev–Trinajstić information content (AvgIpc) is 2.37. The molecule has 1 aliphatic rings. The summed E-state index contributed by atoms with van der Waals surface area (Å²) >= 11 is 0. The van der Waals surface area contributed by atoms with Crippen molar-refractivity contribution in [2.24, 2.45) is 17.8 Å². The lowest BCUT2D eigenvalue weighted by atomic mass is 9.86. The van der Waals surface area contributed by atoms with Gasteiger partial charge in [0, 0.05) is 13.2 Å². The third-order valence-corrected chi connectivity index (χ3v) is 3.29. The van der Waals surface area contributed by atoms with Crippen molar-refractivity contribution in [2.75, 3.05) is 13.2 Å². The fourth-order valence-electron chi connectivity index (χ4n) is 2.56. The zero-order valence-electron chi connectivity index (χ0n) is 7.87. The van der Waals surface area contributed by atoms with Crippen LogP contribution < -0.4 is 0 Å². The minimum Gasteiger partial charge on any atom is -0.396 e. The van der Waals surface area contributed by atoms with Crippen LogP contribution in [0.2, 0.25) is 0 Å². The van der Waals surface area contributed by atoms with Crippen molar-refractivity contribution in [3.05, 3.63) is 0 Å². The molecule has 0 spiro atoms. The lowest BCUT2D eigenvalue weighted by molar-refractivity contribution is 0.183. The molecule has 0 bridgehead atoms. The molecule has 2 N–H and O–H groups in total. The van der Waals surface area contributed by atoms with Gasteiger partial charge >= 0.3 is 0 Å². The molecule has 0 aromatic carbocycles. The Morgan fingerprint density at radius 1 is 1.08 bits per heavy atom. The Morgan fingerprint density at radius 3 is 2.33 bits per heavy atom. The summed E-state index contributed by atoms with van der Waals surface area (Å²) in [6.07, 6.45) is 4.36. The van der Waals surface area contributed by atoms with Gasteiger partial charge in [0.2, 0.25) is 0 Å². The highest BCUT2D eigenvalue weighted by Gasteiger charge is 2.31. The number of hydrogen-bond donors (Lipinski definition) is 2. The molecule has 2 nitrogen and oxygen atoms in total. The number of aliphatic hydroxyl groups is 2. The summed E-state index contributed by atoms with van der Waals surface area (Å²) in [5, 5.41) is 17.7. The summed E-state index contributed by atoms with van der Waals surface area (Å²) < 4.78 is 0. The second-order valence-corrected chi connectivity index (χ2v) is 4.00. The monoisotopic (exact) mass is 172 g/mol. The fourth-order valence-corrected chi connectivity index (χ4v) is 2.56. The number of rotatable bonds is 4. The van der Waals surface area contributed by atoms with Crippen LogP contribution in [0, 0.1) is 17.8 Å². The van der Waals surface area contributed by atoms with E-state index in [1.54, 1.807) is 0 Å². The van der Waals surface area contributed by atoms with Gasteiger partial charge in [0.15, 0.2) is 0 Å². The van der Waals surface area contributed by atoms with Crippen molar-refractivity contribution in [1.82, 2.24) is 0 Å². The Hall–Kier alpha value is -0.0800. The lowest BCUT2D eigenvalue weighted by Crippen LogP contribution is -2.15. The zero-order valence-corrected chi connectivity index (χ0v) is 7.87. The fraction of sp³-hybridized carbons (Fsp3) is 1.00. The quantitative estimate of drug-likeness (QED) is 0.673. The summed E-state index contributed by atoms with van der Waals surface area (Å²) in [4.78, 5) is 0. The molecule has 0 saturated heterocycles. The van der Waals surface area contributed by atoms with E-state index in [2.05, 4.69) is 6.92 Å². The van der Waals surface area contributed by atoms with Crippen LogP contribution in [0.3, 0.4) is 0 Å². The van der Waals surface area contributed by atoms with Crippen molar-refractivity contribution in [3.63, 3.8) is 0 Å². The third kappa shape index (κ3) is 2.20. The first kappa shape index (κ1) is 10.0. The molecule has 72 valence electrons. The highest BCUT2D eigenvalue weighted by atomic mass is 16.3. The standard InChI is InChI=1S/C10H20O2/c1-8-2-3-9(4-6-11)10(8)5-7-12/h8-12H,2-7H2,1H3. The molecule has 1 aliphatic carbocycles. The molecule has 0 aromatic heterocycles. The van der Waals surface area contributed by atoms with Gasteiger partial charge in [0.05, 0.1) is 0 Å². The van der Waals surface area contributed by atoms with Gasteiger partial charge in [0.1, 0.15) is 0 Å². The van der Waals surface area contributed by atoms with Crippen molar-refractivity contribution in [3.8, 4) is 0 Å². The Bertz CT molecular complexity index is 123. The van der Waals surface area contributed by atoms with Crippen LogP contribution in [0.25, 0.3) is 0 Å². The van der Waals surface area contributed by atoms with E-state index in [1.165, 1.54) is 12.8 Å². The van der Waals surface area contributed by atoms with Gasteiger partial charge in [-0.05, 0) is 37.0 Å². The van der Waals surface area contributed by atoms with Gasteiger partial charge in [-0.1, -0.05) is 13.3 Å². The molecular weight excluding hydrogens is 152 g/mol. The molecule has 12 heavy (non-hydrogen) atoms. The van der Waals surface area contributed by atoms with E-state index in [1.807, 2.05) is 0 Å². The predicted molar refractivity (Wildman–Crippen MR) is 48.8 cm³/mol. The molecule has 0 radical (unpaired) electrons. The normalized spacial score (nSPS) is 35.8. The summed E-state index contributed by atoms with van der Waals surface area (Å²) in [7, 11) is 0. The van der Waals surface area contributed by atoms with Gasteiger partial charge in [-0.2, -0.15) is 0 Å². The Kier molecular flexibility index (Phi) is 4.02. The topological polar surface area (TPSA) is 40.5 Å². The van der Waals surface area contributed by atoms with E-state index < -0.39 is 0 Å². The van der Waals surface area contributed by atoms with Crippen molar-refractivity contribution < 1.29 is 10.2 Å². The maximum absolute atomic E-state index is 8.87. The van der Waals surface area contributed by atoms with E-state index in [0.717, 1.165) is 18.8 Å². The summed E-state index contributed by atoms with van der Waals surface area (Å²) in [6, 6.07) is 0. The Labute approximate surface area is 74.6 Å². The first-order chi connectivity index (χ1) is 5.79. The minimum absolute atomic E-state index is 0.303. The van der Waals surface area contributed by atoms with Gasteiger partial charge in [-0.25, -0.2) is 0 Å². The SMILES string of the molecule is CC1CCC(CCO)C1CCO. The van der Waals surface area contributed by atoms with Crippen molar-refractivity contribution in [2.45, 2.75) is 32.6 Å². The molecule has 3 atom stereocenters. The van der Waals surface area contributed by atoms with Crippen LogP contribution in [0.4, 0.5) is 0 Å². The first-order valence-electron chi connectivity index (χ1n) is 5.01. The maximum atomic E-state index is 8.87. The summed E-state index contributed by atoms with van der Waals surface area (Å²) in [5.41, 5.74) is 0. The Morgan fingerprint density at radius 2 is 1.75 bits per heavy atom. The third-order valence-electron chi connectivity index (χ3n) is 3.29. The van der Waals surface area contributed by atoms with Crippen LogP contribution in [0.15, 0.2) is 0 Å². The van der Waals surface area contributed by atoms with Crippen LogP contribution in [-0.2, 0) is 0 Å². The largest absolute Gasteiger partial charge is 0.396 e. The van der Waals surface area contributed by atoms with E-state index >= 15 is 0 Å². The Balaban J connectivity index is 2.39. The highest BCUT2D eigenvalue weighted by Crippen LogP contribution is 2.40. The predicted octanol–water partition coefficient (Wildman–Crippen LogP) is 1.41. The lowest BCUT2D eigenvalue weighted by Gasteiger charge is -2.21. The summed E-state index contributed by atoms with van der Waals surface area (Å²) in [5.74, 6) is 2.06. The number of hydrogen-bond acceptors (Lipinski definition) is 2. The van der Waals surface area contributed by atoms with Gasteiger partial charge in [0.25, 0.3) is 0 Å². The molecular formula is C10H20O2. The van der Waals surface area contributed by atoms with Crippen LogP contribution >= 0.6 is 0 Å². The zero-order chi connectivity index (χ0) is 8.97. The second-order valence-electron chi connectivity index (χ2n) is 4.00. The van der Waals surface area contributed by atoms with E-state index in [0.29, 0.717) is 25.0 Å². The van der Waals surface area contributed by atoms with Crippen LogP contribution in [0.5, 0.6) is 0 Å². The smallest absolute Gasteiger partial charge is 0.0433 e. The minimum atomic E-state index is 0.303. The second kappa shape index (κ2) is 4.83. The van der Waals surface area contributed by atoms with E-state index in [4.69, 9.17) is 10.2 Å². The molecule has 0 aliphatic heterocycles. The van der Waals surface area contributed by atoms with Crippen molar-refractivity contribution in [1.29, 1.82) is 0 Å². The van der Waals surface area contributed by atoms with Gasteiger partial charge in [-0.15, -0.1) is 0 Å². The number of aliphatic hydroxyl groups excluding tert-OH is 2. The summed E-state index contributed by atoms with van der Waals surface area (Å²) in [6.45, 7) is 2.87. The first-order valence-corrected chi connectivity index (χ1v) is 5.01. The molecule has 0 heterocycles. The molecule has 1 rings (SSSR count). The molecule has 3 unspecified atom stereocenters. The molecule has 0 amide bonds. The van der Waals surface area contributed by atoms with E-state index in [-0.39, 0.29) is 0 Å². The van der Waals surface area contributed by atoms with Gasteiger partial charge in [-0.3, -0.25) is 0 Å². The average molecular weight is 172 g/mol. The highest BCUT2D eigenvalue weighted by molar-refractivity contribution is 4.82. The molecule has 2 heteroatoms. The van der Waals surface area contributed by atoms with Crippen LogP contribution in [0.1, 0.15) is 32.6 Å².